The van der Waals surface area contributed by atoms with E-state index in [1.54, 1.807) is 6.20 Å². The molecule has 0 saturated heterocycles. The summed E-state index contributed by atoms with van der Waals surface area (Å²) in [6, 6.07) is 11.9. The Balaban J connectivity index is 1.58. The van der Waals surface area contributed by atoms with Gasteiger partial charge < -0.3 is 14.3 Å². The van der Waals surface area contributed by atoms with Crippen LogP contribution in [0.3, 0.4) is 0 Å². The Labute approximate surface area is 144 Å². The Morgan fingerprint density at radius 1 is 1.32 bits per heavy atom. The number of aromatic hydroxyl groups is 1. The molecule has 1 aromatic carbocycles. The smallest absolute Gasteiger partial charge is 0.419 e. The first kappa shape index (κ1) is 15.5. The summed E-state index contributed by atoms with van der Waals surface area (Å²) in [5, 5.41) is 9.87. The second-order valence-corrected chi connectivity index (χ2v) is 6.16. The van der Waals surface area contributed by atoms with E-state index in [-0.39, 0.29) is 17.6 Å². The Kier molecular flexibility index (Phi) is 4.01. The topological polar surface area (TPSA) is 88.4 Å². The van der Waals surface area contributed by atoms with Crippen molar-refractivity contribution >= 4 is 0 Å². The fourth-order valence-corrected chi connectivity index (χ4v) is 3.29. The van der Waals surface area contributed by atoms with Crippen molar-refractivity contribution in [1.29, 1.82) is 0 Å². The van der Waals surface area contributed by atoms with Crippen LogP contribution in [0.2, 0.25) is 0 Å². The highest BCUT2D eigenvalue weighted by atomic mass is 16.5. The van der Waals surface area contributed by atoms with Gasteiger partial charge in [-0.25, -0.2) is 4.79 Å². The average Bonchev–Trinajstić information content (AvgIpc) is 2.98. The Morgan fingerprint density at radius 3 is 2.92 bits per heavy atom. The van der Waals surface area contributed by atoms with Gasteiger partial charge in [0.1, 0.15) is 12.4 Å². The predicted octanol–water partition coefficient (Wildman–Crippen LogP) is 3.12. The monoisotopic (exact) mass is 338 g/mol. The van der Waals surface area contributed by atoms with Crippen molar-refractivity contribution in [2.24, 2.45) is 0 Å². The number of H-pyrrole nitrogens is 1. The maximum Gasteiger partial charge on any atom is 0.419 e. The lowest BCUT2D eigenvalue weighted by molar-refractivity contribution is 0.303. The van der Waals surface area contributed by atoms with Crippen LogP contribution in [0.4, 0.5) is 0 Å². The molecule has 1 aliphatic carbocycles. The zero-order valence-electron chi connectivity index (χ0n) is 13.6. The van der Waals surface area contributed by atoms with Crippen LogP contribution in [0.25, 0.3) is 0 Å². The molecule has 2 N–H and O–H groups in total. The van der Waals surface area contributed by atoms with E-state index >= 15 is 0 Å². The van der Waals surface area contributed by atoms with E-state index < -0.39 is 5.76 Å². The molecule has 2 aromatic heterocycles. The number of rotatable bonds is 4. The van der Waals surface area contributed by atoms with Crippen LogP contribution in [-0.4, -0.2) is 15.1 Å². The van der Waals surface area contributed by atoms with Gasteiger partial charge in [0.25, 0.3) is 0 Å². The number of aryl methyl sites for hydroxylation is 1. The quantitative estimate of drug-likeness (QED) is 0.763. The molecule has 2 heterocycles. The molecule has 0 bridgehead atoms. The summed E-state index contributed by atoms with van der Waals surface area (Å²) in [5.41, 5.74) is 2.98. The molecule has 0 fully saturated rings. The summed E-state index contributed by atoms with van der Waals surface area (Å²) in [7, 11) is 0. The summed E-state index contributed by atoms with van der Waals surface area (Å²) < 4.78 is 10.9. The van der Waals surface area contributed by atoms with Crippen LogP contribution >= 0.6 is 0 Å². The van der Waals surface area contributed by atoms with E-state index in [1.807, 2.05) is 36.4 Å². The fraction of sp³-hybridized carbons (Fsp3) is 0.263. The zero-order chi connectivity index (χ0) is 17.2. The van der Waals surface area contributed by atoms with Crippen molar-refractivity contribution in [3.05, 3.63) is 75.7 Å². The van der Waals surface area contributed by atoms with Crippen molar-refractivity contribution in [2.75, 3.05) is 0 Å². The molecular weight excluding hydrogens is 320 g/mol. The number of aromatic nitrogens is 2. The molecule has 1 aliphatic rings. The van der Waals surface area contributed by atoms with Crippen LogP contribution < -0.4 is 10.5 Å². The minimum atomic E-state index is -0.651. The first-order valence-corrected chi connectivity index (χ1v) is 8.28. The maximum atomic E-state index is 11.3. The summed E-state index contributed by atoms with van der Waals surface area (Å²) in [6.07, 6.45) is 4.27. The molecule has 0 amide bonds. The SMILES string of the molecule is O=c1[nH]c(O)c([C@@H]2CCCc3cc(OCc4ccccc4)cnc32)o1. The van der Waals surface area contributed by atoms with Crippen LogP contribution in [0, 0.1) is 0 Å². The first-order chi connectivity index (χ1) is 12.2. The standard InChI is InChI=1S/C19H18N2O4/c22-18-17(25-19(23)21-18)15-8-4-7-13-9-14(10-20-16(13)15)24-11-12-5-2-1-3-6-12/h1-3,5-6,9-10,15,22H,4,7-8,11H2,(H,21,23)/t15-/m1/s1. The summed E-state index contributed by atoms with van der Waals surface area (Å²) in [4.78, 5) is 18.1. The van der Waals surface area contributed by atoms with Gasteiger partial charge in [-0.15, -0.1) is 0 Å². The van der Waals surface area contributed by atoms with Gasteiger partial charge >= 0.3 is 5.76 Å². The molecule has 0 aliphatic heterocycles. The van der Waals surface area contributed by atoms with Gasteiger partial charge in [-0.2, -0.15) is 0 Å². The van der Waals surface area contributed by atoms with Gasteiger partial charge in [-0.1, -0.05) is 30.3 Å². The number of hydrogen-bond donors (Lipinski definition) is 2. The molecule has 128 valence electrons. The van der Waals surface area contributed by atoms with Gasteiger partial charge in [0.05, 0.1) is 17.8 Å². The average molecular weight is 338 g/mol. The third-order valence-corrected chi connectivity index (χ3v) is 4.47. The number of pyridine rings is 1. The van der Waals surface area contributed by atoms with Gasteiger partial charge in [-0.05, 0) is 36.5 Å². The fourth-order valence-electron chi connectivity index (χ4n) is 3.29. The summed E-state index contributed by atoms with van der Waals surface area (Å²) >= 11 is 0. The molecule has 1 atom stereocenters. The molecule has 3 aromatic rings. The van der Waals surface area contributed by atoms with Crippen molar-refractivity contribution in [2.45, 2.75) is 31.8 Å². The van der Waals surface area contributed by atoms with E-state index in [2.05, 4.69) is 9.97 Å². The van der Waals surface area contributed by atoms with Gasteiger partial charge in [-0.3, -0.25) is 9.97 Å². The number of nitrogens with zero attached hydrogens (tertiary/aromatic N) is 1. The summed E-state index contributed by atoms with van der Waals surface area (Å²) in [5.74, 6) is -0.109. The highest BCUT2D eigenvalue weighted by molar-refractivity contribution is 5.38. The number of benzene rings is 1. The first-order valence-electron chi connectivity index (χ1n) is 8.28. The number of ether oxygens (including phenoxy) is 1. The Bertz CT molecular complexity index is 930. The van der Waals surface area contributed by atoms with Crippen molar-refractivity contribution in [3.63, 3.8) is 0 Å². The lowest BCUT2D eigenvalue weighted by Crippen LogP contribution is -2.13. The van der Waals surface area contributed by atoms with Crippen molar-refractivity contribution < 1.29 is 14.3 Å². The Morgan fingerprint density at radius 2 is 2.16 bits per heavy atom. The molecule has 0 spiro atoms. The van der Waals surface area contributed by atoms with Gasteiger partial charge in [0.15, 0.2) is 5.76 Å². The highest BCUT2D eigenvalue weighted by Crippen LogP contribution is 2.38. The van der Waals surface area contributed by atoms with E-state index in [0.29, 0.717) is 12.4 Å². The largest absolute Gasteiger partial charge is 0.492 e. The lowest BCUT2D eigenvalue weighted by atomic mass is 9.85. The maximum absolute atomic E-state index is 11.3. The van der Waals surface area contributed by atoms with Crippen LogP contribution in [0.1, 0.15) is 41.3 Å². The number of nitrogens with one attached hydrogen (secondary N) is 1. The predicted molar refractivity (Wildman–Crippen MR) is 90.8 cm³/mol. The van der Waals surface area contributed by atoms with Gasteiger partial charge in [0, 0.05) is 0 Å². The van der Waals surface area contributed by atoms with Crippen LogP contribution in [-0.2, 0) is 13.0 Å². The Hall–Kier alpha value is -3.02. The highest BCUT2D eigenvalue weighted by Gasteiger charge is 2.29. The second-order valence-electron chi connectivity index (χ2n) is 6.16. The number of oxazole rings is 1. The molecular formula is C19H18N2O4. The minimum absolute atomic E-state index is 0.214. The van der Waals surface area contributed by atoms with E-state index in [1.165, 1.54) is 0 Å². The number of aromatic amines is 1. The molecule has 0 saturated carbocycles. The van der Waals surface area contributed by atoms with Crippen LogP contribution in [0.15, 0.2) is 51.8 Å². The molecule has 6 heteroatoms. The number of fused-ring (bicyclic) bond motifs is 1. The number of hydrogen-bond acceptors (Lipinski definition) is 5. The minimum Gasteiger partial charge on any atom is -0.492 e. The van der Waals surface area contributed by atoms with E-state index in [4.69, 9.17) is 9.15 Å². The molecule has 25 heavy (non-hydrogen) atoms. The van der Waals surface area contributed by atoms with E-state index in [0.717, 1.165) is 36.1 Å². The van der Waals surface area contributed by atoms with Gasteiger partial charge in [0.2, 0.25) is 5.88 Å². The van der Waals surface area contributed by atoms with Crippen molar-refractivity contribution in [3.8, 4) is 11.6 Å². The van der Waals surface area contributed by atoms with Crippen LogP contribution in [0.5, 0.6) is 11.6 Å². The third kappa shape index (κ3) is 3.15. The lowest BCUT2D eigenvalue weighted by Gasteiger charge is -2.23. The molecule has 4 rings (SSSR count). The summed E-state index contributed by atoms with van der Waals surface area (Å²) in [6.45, 7) is 0.484. The van der Waals surface area contributed by atoms with E-state index in [9.17, 15) is 9.90 Å². The second kappa shape index (κ2) is 6.47. The molecule has 0 unspecified atom stereocenters. The normalized spacial score (nSPS) is 16.4. The third-order valence-electron chi connectivity index (χ3n) is 4.47. The van der Waals surface area contributed by atoms with Crippen molar-refractivity contribution in [1.82, 2.24) is 9.97 Å². The molecule has 0 radical (unpaired) electrons. The molecule has 6 nitrogen and oxygen atoms in total. The zero-order valence-corrected chi connectivity index (χ0v) is 13.6.